The summed E-state index contributed by atoms with van der Waals surface area (Å²) in [7, 11) is 0. The molecule has 1 amide bonds. The van der Waals surface area contributed by atoms with Gasteiger partial charge in [0.25, 0.3) is 0 Å². The molecule has 0 spiro atoms. The van der Waals surface area contributed by atoms with E-state index in [0.717, 1.165) is 12.1 Å². The Morgan fingerprint density at radius 2 is 1.95 bits per heavy atom. The molecule has 1 heterocycles. The zero-order chi connectivity index (χ0) is 15.1. The van der Waals surface area contributed by atoms with Gasteiger partial charge in [0.15, 0.2) is 6.61 Å². The van der Waals surface area contributed by atoms with Crippen LogP contribution in [0.2, 0.25) is 0 Å². The number of alkyl carbamates (subject to hydrolysis) is 1. The van der Waals surface area contributed by atoms with Crippen molar-refractivity contribution in [3.8, 4) is 0 Å². The largest absolute Gasteiger partial charge is 0.443 e. The van der Waals surface area contributed by atoms with Gasteiger partial charge in [0.2, 0.25) is 0 Å². The van der Waals surface area contributed by atoms with Gasteiger partial charge in [-0.2, -0.15) is 13.2 Å². The minimum Gasteiger partial charge on any atom is -0.443 e. The third-order valence-corrected chi connectivity index (χ3v) is 2.73. The number of cyclic esters (lactones) is 1. The fraction of sp³-hybridized carbons (Fsp3) is 0.364. The van der Waals surface area contributed by atoms with Gasteiger partial charge in [-0.15, -0.1) is 0 Å². The van der Waals surface area contributed by atoms with Crippen LogP contribution < -0.4 is 5.32 Å². The maximum Gasteiger partial charge on any atom is 0.419 e. The maximum absolute atomic E-state index is 13.8. The standard InChI is InChI=1S/C11H7F6NO2/c12-7-5(2-1-3-6(7)11(15,16)17)8-10(13,14)4-20-9(19)18-8/h1-3,8H,4H2,(H,18,19)/t8-/m1/s1. The Morgan fingerprint density at radius 3 is 2.55 bits per heavy atom. The van der Waals surface area contributed by atoms with Gasteiger partial charge in [-0.3, -0.25) is 0 Å². The third-order valence-electron chi connectivity index (χ3n) is 2.73. The van der Waals surface area contributed by atoms with E-state index in [1.54, 1.807) is 5.32 Å². The van der Waals surface area contributed by atoms with Crippen LogP contribution in [0.4, 0.5) is 31.1 Å². The van der Waals surface area contributed by atoms with Crippen molar-refractivity contribution in [1.29, 1.82) is 0 Å². The minimum absolute atomic E-state index is 0.429. The Balaban J connectivity index is 2.49. The molecule has 0 radical (unpaired) electrons. The highest BCUT2D eigenvalue weighted by atomic mass is 19.4. The first-order chi connectivity index (χ1) is 9.13. The van der Waals surface area contributed by atoms with Crippen LogP contribution in [0.5, 0.6) is 0 Å². The number of benzene rings is 1. The van der Waals surface area contributed by atoms with Gasteiger partial charge in [0.05, 0.1) is 5.56 Å². The highest BCUT2D eigenvalue weighted by Gasteiger charge is 2.49. The van der Waals surface area contributed by atoms with Gasteiger partial charge < -0.3 is 10.1 Å². The molecule has 20 heavy (non-hydrogen) atoms. The summed E-state index contributed by atoms with van der Waals surface area (Å²) in [5.41, 5.74) is -2.62. The van der Waals surface area contributed by atoms with Gasteiger partial charge in [-0.05, 0) is 6.07 Å². The number of halogens is 6. The molecule has 1 N–H and O–H groups in total. The lowest BCUT2D eigenvalue weighted by atomic mass is 9.97. The van der Waals surface area contributed by atoms with E-state index >= 15 is 0 Å². The summed E-state index contributed by atoms with van der Waals surface area (Å²) >= 11 is 0. The lowest BCUT2D eigenvalue weighted by molar-refractivity contribution is -0.140. The lowest BCUT2D eigenvalue weighted by Gasteiger charge is -2.32. The minimum atomic E-state index is -5.02. The van der Waals surface area contributed by atoms with E-state index in [1.807, 2.05) is 0 Å². The van der Waals surface area contributed by atoms with E-state index < -0.39 is 47.8 Å². The average molecular weight is 299 g/mol. The number of hydrogen-bond acceptors (Lipinski definition) is 2. The van der Waals surface area contributed by atoms with Gasteiger partial charge in [-0.1, -0.05) is 12.1 Å². The summed E-state index contributed by atoms with van der Waals surface area (Å²) < 4.78 is 82.5. The van der Waals surface area contributed by atoms with E-state index in [1.165, 1.54) is 0 Å². The van der Waals surface area contributed by atoms with Gasteiger partial charge in [0, 0.05) is 5.56 Å². The zero-order valence-electron chi connectivity index (χ0n) is 9.60. The van der Waals surface area contributed by atoms with Crippen LogP contribution in [-0.4, -0.2) is 18.6 Å². The summed E-state index contributed by atoms with van der Waals surface area (Å²) in [5, 5.41) is 1.62. The van der Waals surface area contributed by atoms with E-state index in [2.05, 4.69) is 4.74 Å². The molecular formula is C11H7F6NO2. The summed E-state index contributed by atoms with van der Waals surface area (Å²) in [6.07, 6.45) is -6.28. The SMILES string of the molecule is O=C1N[C@H](c2cccc(C(F)(F)F)c2F)C(F)(F)CO1. The number of carbonyl (C=O) groups excluding carboxylic acids is 1. The molecule has 0 saturated carbocycles. The Morgan fingerprint density at radius 1 is 1.30 bits per heavy atom. The number of hydrogen-bond donors (Lipinski definition) is 1. The second-order valence-corrected chi connectivity index (χ2v) is 4.12. The van der Waals surface area contributed by atoms with Crippen molar-refractivity contribution < 1.29 is 35.9 Å². The molecule has 1 aromatic rings. The molecule has 0 aliphatic carbocycles. The fourth-order valence-corrected chi connectivity index (χ4v) is 1.81. The second kappa shape index (κ2) is 4.57. The third kappa shape index (κ3) is 2.52. The molecule has 1 fully saturated rings. The first-order valence-corrected chi connectivity index (χ1v) is 5.29. The van der Waals surface area contributed by atoms with E-state index in [-0.39, 0.29) is 0 Å². The highest BCUT2D eigenvalue weighted by Crippen LogP contribution is 2.39. The Labute approximate surface area is 108 Å². The number of rotatable bonds is 1. The Bertz CT molecular complexity index is 542. The van der Waals surface area contributed by atoms with Crippen LogP contribution in [0.15, 0.2) is 18.2 Å². The molecule has 9 heteroatoms. The second-order valence-electron chi connectivity index (χ2n) is 4.12. The number of nitrogens with one attached hydrogen (secondary N) is 1. The molecular weight excluding hydrogens is 292 g/mol. The molecule has 0 bridgehead atoms. The Kier molecular flexibility index (Phi) is 3.31. The van der Waals surface area contributed by atoms with Crippen LogP contribution >= 0.6 is 0 Å². The van der Waals surface area contributed by atoms with Crippen LogP contribution in [0.3, 0.4) is 0 Å². The number of ether oxygens (including phenoxy) is 1. The van der Waals surface area contributed by atoms with Gasteiger partial charge in [-0.25, -0.2) is 18.0 Å². The van der Waals surface area contributed by atoms with E-state index in [0.29, 0.717) is 6.07 Å². The van der Waals surface area contributed by atoms with Gasteiger partial charge >= 0.3 is 18.2 Å². The lowest BCUT2D eigenvalue weighted by Crippen LogP contribution is -2.50. The first-order valence-electron chi connectivity index (χ1n) is 5.29. The topological polar surface area (TPSA) is 38.3 Å². The van der Waals surface area contributed by atoms with Crippen molar-refractivity contribution in [2.45, 2.75) is 18.1 Å². The predicted molar refractivity (Wildman–Crippen MR) is 53.6 cm³/mol. The van der Waals surface area contributed by atoms with Crippen molar-refractivity contribution >= 4 is 6.09 Å². The molecule has 2 rings (SSSR count). The quantitative estimate of drug-likeness (QED) is 0.808. The smallest absolute Gasteiger partial charge is 0.419 e. The summed E-state index contributed by atoms with van der Waals surface area (Å²) in [5.74, 6) is -5.56. The van der Waals surface area contributed by atoms with Crippen molar-refractivity contribution in [2.75, 3.05) is 6.61 Å². The fourth-order valence-electron chi connectivity index (χ4n) is 1.81. The van der Waals surface area contributed by atoms with E-state index in [4.69, 9.17) is 0 Å². The highest BCUT2D eigenvalue weighted by molar-refractivity contribution is 5.69. The number of alkyl halides is 5. The summed E-state index contributed by atoms with van der Waals surface area (Å²) in [4.78, 5) is 10.9. The monoisotopic (exact) mass is 299 g/mol. The molecule has 3 nitrogen and oxygen atoms in total. The molecule has 1 aliphatic heterocycles. The molecule has 1 atom stereocenters. The molecule has 110 valence electrons. The summed E-state index contributed by atoms with van der Waals surface area (Å²) in [6, 6.07) is -0.239. The van der Waals surface area contributed by atoms with Gasteiger partial charge in [0.1, 0.15) is 11.9 Å². The maximum atomic E-state index is 13.8. The van der Waals surface area contributed by atoms with Crippen molar-refractivity contribution in [1.82, 2.24) is 5.32 Å². The first kappa shape index (κ1) is 14.5. The average Bonchev–Trinajstić information content (AvgIpc) is 2.31. The molecule has 1 aliphatic rings. The van der Waals surface area contributed by atoms with Crippen LogP contribution in [0.25, 0.3) is 0 Å². The van der Waals surface area contributed by atoms with Crippen molar-refractivity contribution in [3.63, 3.8) is 0 Å². The summed E-state index contributed by atoms with van der Waals surface area (Å²) in [6.45, 7) is -1.33. The van der Waals surface area contributed by atoms with E-state index in [9.17, 15) is 31.1 Å². The van der Waals surface area contributed by atoms with Crippen LogP contribution in [0.1, 0.15) is 17.2 Å². The van der Waals surface area contributed by atoms with Crippen LogP contribution in [-0.2, 0) is 10.9 Å². The Hall–Kier alpha value is -1.93. The molecule has 1 aromatic carbocycles. The van der Waals surface area contributed by atoms with Crippen LogP contribution in [0, 0.1) is 5.82 Å². The molecule has 0 aromatic heterocycles. The van der Waals surface area contributed by atoms with Crippen molar-refractivity contribution in [3.05, 3.63) is 35.1 Å². The number of carbonyl (C=O) groups is 1. The molecule has 0 unspecified atom stereocenters. The zero-order valence-corrected chi connectivity index (χ0v) is 9.60. The number of amides is 1. The predicted octanol–water partition coefficient (Wildman–Crippen LogP) is 3.26. The molecule has 1 saturated heterocycles. The normalized spacial score (nSPS) is 22.1. The van der Waals surface area contributed by atoms with Crippen molar-refractivity contribution in [2.24, 2.45) is 0 Å².